The lowest BCUT2D eigenvalue weighted by atomic mass is 9.96. The highest BCUT2D eigenvalue weighted by atomic mass is 32.1. The molecule has 0 saturated heterocycles. The molecule has 0 fully saturated rings. The molecule has 1 rings (SSSR count). The number of halogens is 1. The van der Waals surface area contributed by atoms with Crippen molar-refractivity contribution in [2.75, 3.05) is 0 Å². The van der Waals surface area contributed by atoms with Crippen LogP contribution < -0.4 is 5.46 Å². The average Bonchev–Trinajstić information content (AvgIpc) is 1.80. The molecule has 0 atom stereocenters. The Kier molecular flexibility index (Phi) is 1.81. The van der Waals surface area contributed by atoms with E-state index < -0.39 is 0 Å². The number of hydrogen-bond acceptors (Lipinski definition) is 1. The number of rotatable bonds is 0. The zero-order valence-corrected chi connectivity index (χ0v) is 5.95. The molecule has 0 aliphatic rings. The topological polar surface area (TPSA) is 0 Å². The molecule has 0 aromatic heterocycles. The van der Waals surface area contributed by atoms with Crippen LogP contribution in [0.1, 0.15) is 0 Å². The molecule has 0 unspecified atom stereocenters. The fraction of sp³-hybridized carbons (Fsp3) is 0. The van der Waals surface area contributed by atoms with E-state index >= 15 is 0 Å². The minimum absolute atomic E-state index is 0.203. The lowest BCUT2D eigenvalue weighted by Gasteiger charge is -1.95. The molecule has 0 aliphatic carbocycles. The Balaban J connectivity index is 3.17. The van der Waals surface area contributed by atoms with Gasteiger partial charge in [-0.25, -0.2) is 4.39 Å². The van der Waals surface area contributed by atoms with Crippen LogP contribution in [0.5, 0.6) is 0 Å². The first-order chi connectivity index (χ1) is 4.20. The summed E-state index contributed by atoms with van der Waals surface area (Å²) in [5, 5.41) is 0. The van der Waals surface area contributed by atoms with Gasteiger partial charge in [-0.1, -0.05) is 5.46 Å². The van der Waals surface area contributed by atoms with Crippen LogP contribution in [0.2, 0.25) is 0 Å². The molecule has 0 radical (unpaired) electrons. The third kappa shape index (κ3) is 1.48. The van der Waals surface area contributed by atoms with Gasteiger partial charge in [0.1, 0.15) is 13.7 Å². The molecule has 0 amide bonds. The van der Waals surface area contributed by atoms with Crippen LogP contribution in [-0.4, -0.2) is 7.85 Å². The van der Waals surface area contributed by atoms with E-state index in [1.54, 1.807) is 6.07 Å². The summed E-state index contributed by atoms with van der Waals surface area (Å²) >= 11 is 4.08. The summed E-state index contributed by atoms with van der Waals surface area (Å²) in [6.07, 6.45) is 0. The summed E-state index contributed by atoms with van der Waals surface area (Å²) in [6.45, 7) is 0. The van der Waals surface area contributed by atoms with E-state index in [2.05, 4.69) is 12.6 Å². The van der Waals surface area contributed by atoms with Crippen LogP contribution in [-0.2, 0) is 0 Å². The van der Waals surface area contributed by atoms with Gasteiger partial charge in [0.15, 0.2) is 0 Å². The van der Waals surface area contributed by atoms with Crippen molar-refractivity contribution in [2.45, 2.75) is 4.90 Å². The van der Waals surface area contributed by atoms with E-state index in [1.165, 1.54) is 12.1 Å². The predicted octanol–water partition coefficient (Wildman–Crippen LogP) is 0.373. The van der Waals surface area contributed by atoms with Crippen molar-refractivity contribution in [3.63, 3.8) is 0 Å². The lowest BCUT2D eigenvalue weighted by Crippen LogP contribution is -2.04. The molecular weight excluding hydrogens is 134 g/mol. The second kappa shape index (κ2) is 2.44. The number of thiol groups is 1. The molecule has 0 nitrogen and oxygen atoms in total. The van der Waals surface area contributed by atoms with Crippen molar-refractivity contribution in [2.24, 2.45) is 0 Å². The molecule has 0 spiro atoms. The van der Waals surface area contributed by atoms with Crippen LogP contribution in [0.3, 0.4) is 0 Å². The molecule has 0 N–H and O–H groups in total. The molecule has 0 heterocycles. The molecule has 0 saturated carbocycles. The molecule has 1 aromatic rings. The van der Waals surface area contributed by atoms with Crippen molar-refractivity contribution in [1.29, 1.82) is 0 Å². The Morgan fingerprint density at radius 3 is 2.56 bits per heavy atom. The van der Waals surface area contributed by atoms with Crippen LogP contribution in [0, 0.1) is 5.82 Å². The summed E-state index contributed by atoms with van der Waals surface area (Å²) < 4.78 is 12.3. The third-order valence-electron chi connectivity index (χ3n) is 1.16. The quantitative estimate of drug-likeness (QED) is 0.390. The lowest BCUT2D eigenvalue weighted by molar-refractivity contribution is 0.628. The van der Waals surface area contributed by atoms with Gasteiger partial charge < -0.3 is 0 Å². The van der Waals surface area contributed by atoms with Crippen LogP contribution in [0.25, 0.3) is 0 Å². The summed E-state index contributed by atoms with van der Waals surface area (Å²) in [7, 11) is 1.82. The van der Waals surface area contributed by atoms with Gasteiger partial charge in [-0.05, 0) is 23.1 Å². The minimum atomic E-state index is -0.203. The molecule has 3 heteroatoms. The Morgan fingerprint density at radius 1 is 1.44 bits per heavy atom. The van der Waals surface area contributed by atoms with Crippen molar-refractivity contribution in [1.82, 2.24) is 0 Å². The predicted molar refractivity (Wildman–Crippen MR) is 41.8 cm³/mol. The third-order valence-corrected chi connectivity index (χ3v) is 1.66. The molecule has 9 heavy (non-hydrogen) atoms. The van der Waals surface area contributed by atoms with Gasteiger partial charge in [-0.2, -0.15) is 0 Å². The van der Waals surface area contributed by atoms with Crippen LogP contribution >= 0.6 is 12.6 Å². The van der Waals surface area contributed by atoms with Gasteiger partial charge in [-0.3, -0.25) is 0 Å². The average molecular weight is 140 g/mol. The van der Waals surface area contributed by atoms with Crippen molar-refractivity contribution >= 4 is 25.9 Å². The highest BCUT2D eigenvalue weighted by Crippen LogP contribution is 2.01. The first kappa shape index (κ1) is 6.68. The zero-order chi connectivity index (χ0) is 6.85. The molecule has 1 aromatic carbocycles. The van der Waals surface area contributed by atoms with Gasteiger partial charge in [0.05, 0.1) is 0 Å². The van der Waals surface area contributed by atoms with Crippen LogP contribution in [0.15, 0.2) is 23.1 Å². The Hall–Kier alpha value is -0.435. The highest BCUT2D eigenvalue weighted by Gasteiger charge is 1.92. The van der Waals surface area contributed by atoms with E-state index in [9.17, 15) is 4.39 Å². The van der Waals surface area contributed by atoms with E-state index in [0.717, 1.165) is 10.4 Å². The molecule has 0 bridgehead atoms. The maximum absolute atomic E-state index is 12.3. The Morgan fingerprint density at radius 2 is 2.11 bits per heavy atom. The van der Waals surface area contributed by atoms with E-state index in [1.807, 2.05) is 7.85 Å². The molecule has 46 valence electrons. The standard InChI is InChI=1S/C6H6BFS/c7-5-3-4(8)1-2-6(5)9/h1-3,9H,7H2. The maximum Gasteiger partial charge on any atom is 0.140 e. The minimum Gasteiger partial charge on any atom is -0.207 e. The van der Waals surface area contributed by atoms with E-state index in [-0.39, 0.29) is 5.82 Å². The SMILES string of the molecule is Bc1cc(F)ccc1S. The van der Waals surface area contributed by atoms with E-state index in [4.69, 9.17) is 0 Å². The Labute approximate surface area is 59.9 Å². The van der Waals surface area contributed by atoms with Crippen molar-refractivity contribution in [3.05, 3.63) is 24.0 Å². The zero-order valence-electron chi connectivity index (χ0n) is 5.06. The summed E-state index contributed by atoms with van der Waals surface area (Å²) in [6, 6.07) is 4.51. The summed E-state index contributed by atoms with van der Waals surface area (Å²) in [5.41, 5.74) is 0.873. The van der Waals surface area contributed by atoms with E-state index in [0.29, 0.717) is 0 Å². The van der Waals surface area contributed by atoms with Crippen LogP contribution in [0.4, 0.5) is 4.39 Å². The monoisotopic (exact) mass is 140 g/mol. The number of hydrogen-bond donors (Lipinski definition) is 1. The smallest absolute Gasteiger partial charge is 0.140 e. The van der Waals surface area contributed by atoms with Crippen molar-refractivity contribution < 1.29 is 4.39 Å². The Bertz CT molecular complexity index is 224. The van der Waals surface area contributed by atoms with Crippen molar-refractivity contribution in [3.8, 4) is 0 Å². The largest absolute Gasteiger partial charge is 0.207 e. The van der Waals surface area contributed by atoms with Gasteiger partial charge in [0.25, 0.3) is 0 Å². The normalized spacial score (nSPS) is 9.56. The maximum atomic E-state index is 12.3. The number of benzene rings is 1. The first-order valence-electron chi connectivity index (χ1n) is 2.65. The first-order valence-corrected chi connectivity index (χ1v) is 3.10. The van der Waals surface area contributed by atoms with Gasteiger partial charge in [-0.15, -0.1) is 12.6 Å². The highest BCUT2D eigenvalue weighted by molar-refractivity contribution is 7.80. The second-order valence-corrected chi connectivity index (χ2v) is 2.41. The molecule has 0 aliphatic heterocycles. The van der Waals surface area contributed by atoms with Gasteiger partial charge in [0.2, 0.25) is 0 Å². The summed E-state index contributed by atoms with van der Waals surface area (Å²) in [5.74, 6) is -0.203. The summed E-state index contributed by atoms with van der Waals surface area (Å²) in [4.78, 5) is 0.830. The van der Waals surface area contributed by atoms with Gasteiger partial charge >= 0.3 is 0 Å². The fourth-order valence-electron chi connectivity index (χ4n) is 0.619. The van der Waals surface area contributed by atoms with Gasteiger partial charge in [0, 0.05) is 0 Å². The molecular formula is C6H6BFS. The fourth-order valence-corrected chi connectivity index (χ4v) is 0.758. The second-order valence-electron chi connectivity index (χ2n) is 1.93.